The minimum absolute atomic E-state index is 0.0988. The molecule has 1 atom stereocenters. The second-order valence-electron chi connectivity index (χ2n) is 7.13. The summed E-state index contributed by atoms with van der Waals surface area (Å²) in [6, 6.07) is 9.38. The van der Waals surface area contributed by atoms with Crippen molar-refractivity contribution >= 4 is 35.3 Å². The maximum atomic E-state index is 12.4. The normalized spacial score (nSPS) is 12.4. The number of benzene rings is 1. The highest BCUT2D eigenvalue weighted by atomic mass is 32.2. The van der Waals surface area contributed by atoms with E-state index < -0.39 is 0 Å². The number of para-hydroxylation sites is 1. The molecule has 26 heavy (non-hydrogen) atoms. The van der Waals surface area contributed by atoms with Gasteiger partial charge in [0.25, 0.3) is 0 Å². The fourth-order valence-corrected chi connectivity index (χ4v) is 2.72. The standard InChI is InChI=1S/C18H26N6OS/c1-12(14(25)19-13-10-8-7-9-11-13)26-17-21-15(23-18(2,3)4)20-16(22-17)24(5)6/h7-12H,1-6H3,(H,19,25)(H,20,21,22,23)/t12-/m0/s1. The van der Waals surface area contributed by atoms with E-state index in [-0.39, 0.29) is 16.7 Å². The number of carbonyl (C=O) groups excluding carboxylic acids is 1. The predicted molar refractivity (Wildman–Crippen MR) is 108 cm³/mol. The minimum atomic E-state index is -0.352. The largest absolute Gasteiger partial charge is 0.349 e. The lowest BCUT2D eigenvalue weighted by Crippen LogP contribution is -2.28. The molecule has 0 radical (unpaired) electrons. The van der Waals surface area contributed by atoms with Crippen molar-refractivity contribution in [3.05, 3.63) is 30.3 Å². The van der Waals surface area contributed by atoms with E-state index >= 15 is 0 Å². The molecule has 2 rings (SSSR count). The zero-order valence-electron chi connectivity index (χ0n) is 16.1. The Balaban J connectivity index is 2.14. The molecule has 1 aromatic heterocycles. The van der Waals surface area contributed by atoms with Crippen molar-refractivity contribution < 1.29 is 4.79 Å². The van der Waals surface area contributed by atoms with Gasteiger partial charge in [0.15, 0.2) is 5.16 Å². The van der Waals surface area contributed by atoms with Crippen LogP contribution in [-0.4, -0.2) is 45.7 Å². The van der Waals surface area contributed by atoms with Crippen molar-refractivity contribution in [2.24, 2.45) is 0 Å². The Hall–Kier alpha value is -2.35. The molecule has 0 bridgehead atoms. The Kier molecular flexibility index (Phi) is 6.42. The van der Waals surface area contributed by atoms with Gasteiger partial charge in [0.05, 0.1) is 5.25 Å². The highest BCUT2D eigenvalue weighted by Gasteiger charge is 2.19. The van der Waals surface area contributed by atoms with Crippen molar-refractivity contribution in [2.45, 2.75) is 43.6 Å². The SMILES string of the molecule is C[C@H](Sc1nc(NC(C)(C)C)nc(N(C)C)n1)C(=O)Nc1ccccc1. The molecule has 0 fully saturated rings. The predicted octanol–water partition coefficient (Wildman–Crippen LogP) is 3.27. The van der Waals surface area contributed by atoms with Gasteiger partial charge >= 0.3 is 0 Å². The molecule has 2 N–H and O–H groups in total. The van der Waals surface area contributed by atoms with Crippen LogP contribution in [0, 0.1) is 0 Å². The lowest BCUT2D eigenvalue weighted by atomic mass is 10.1. The molecule has 0 aliphatic carbocycles. The van der Waals surface area contributed by atoms with Crippen molar-refractivity contribution in [2.75, 3.05) is 29.6 Å². The minimum Gasteiger partial charge on any atom is -0.349 e. The molecule has 140 valence electrons. The third kappa shape index (κ3) is 6.18. The maximum absolute atomic E-state index is 12.4. The second-order valence-corrected chi connectivity index (χ2v) is 8.43. The van der Waals surface area contributed by atoms with Crippen molar-refractivity contribution in [3.63, 3.8) is 0 Å². The molecule has 0 unspecified atom stereocenters. The fourth-order valence-electron chi connectivity index (χ4n) is 1.97. The van der Waals surface area contributed by atoms with Crippen LogP contribution < -0.4 is 15.5 Å². The van der Waals surface area contributed by atoms with E-state index in [2.05, 4.69) is 25.6 Å². The van der Waals surface area contributed by atoms with Crippen LogP contribution in [0.4, 0.5) is 17.6 Å². The number of nitrogens with zero attached hydrogens (tertiary/aromatic N) is 4. The lowest BCUT2D eigenvalue weighted by molar-refractivity contribution is -0.115. The lowest BCUT2D eigenvalue weighted by Gasteiger charge is -2.22. The molecule has 8 heteroatoms. The summed E-state index contributed by atoms with van der Waals surface area (Å²) in [6.45, 7) is 7.94. The van der Waals surface area contributed by atoms with E-state index in [1.54, 1.807) is 0 Å². The summed E-state index contributed by atoms with van der Waals surface area (Å²) >= 11 is 1.30. The molecule has 0 saturated heterocycles. The maximum Gasteiger partial charge on any atom is 0.237 e. The fraction of sp³-hybridized carbons (Fsp3) is 0.444. The van der Waals surface area contributed by atoms with Gasteiger partial charge in [-0.15, -0.1) is 0 Å². The van der Waals surface area contributed by atoms with Gasteiger partial charge in [0.1, 0.15) is 0 Å². The van der Waals surface area contributed by atoms with E-state index in [1.807, 2.05) is 77.0 Å². The van der Waals surface area contributed by atoms with Crippen LogP contribution in [0.2, 0.25) is 0 Å². The summed E-state index contributed by atoms with van der Waals surface area (Å²) in [5, 5.41) is 6.31. The molecule has 1 aromatic carbocycles. The summed E-state index contributed by atoms with van der Waals surface area (Å²) in [5.74, 6) is 0.942. The second kappa shape index (κ2) is 8.35. The van der Waals surface area contributed by atoms with E-state index in [1.165, 1.54) is 11.8 Å². The van der Waals surface area contributed by atoms with Gasteiger partial charge in [0, 0.05) is 25.3 Å². The van der Waals surface area contributed by atoms with Crippen LogP contribution in [0.1, 0.15) is 27.7 Å². The Morgan fingerprint density at radius 1 is 1.12 bits per heavy atom. The summed E-state index contributed by atoms with van der Waals surface area (Å²) in [5.41, 5.74) is 0.591. The first-order valence-corrected chi connectivity index (χ1v) is 9.26. The van der Waals surface area contributed by atoms with Crippen molar-refractivity contribution in [1.29, 1.82) is 0 Å². The van der Waals surface area contributed by atoms with Gasteiger partial charge in [0.2, 0.25) is 17.8 Å². The topological polar surface area (TPSA) is 83.0 Å². The van der Waals surface area contributed by atoms with Gasteiger partial charge in [-0.2, -0.15) is 15.0 Å². The smallest absolute Gasteiger partial charge is 0.237 e. The summed E-state index contributed by atoms with van der Waals surface area (Å²) < 4.78 is 0. The summed E-state index contributed by atoms with van der Waals surface area (Å²) in [4.78, 5) is 27.5. The summed E-state index contributed by atoms with van der Waals surface area (Å²) in [7, 11) is 3.74. The Morgan fingerprint density at radius 2 is 1.77 bits per heavy atom. The average molecular weight is 375 g/mol. The Labute approximate surface area is 159 Å². The molecule has 0 spiro atoms. The third-order valence-corrected chi connectivity index (χ3v) is 4.14. The zero-order chi connectivity index (χ0) is 19.3. The number of rotatable bonds is 6. The van der Waals surface area contributed by atoms with Gasteiger partial charge in [-0.1, -0.05) is 30.0 Å². The van der Waals surface area contributed by atoms with Crippen LogP contribution >= 0.6 is 11.8 Å². The van der Waals surface area contributed by atoms with Crippen molar-refractivity contribution in [3.8, 4) is 0 Å². The van der Waals surface area contributed by atoms with Crippen LogP contribution in [0.15, 0.2) is 35.5 Å². The summed E-state index contributed by atoms with van der Waals surface area (Å²) in [6.07, 6.45) is 0. The van der Waals surface area contributed by atoms with E-state index in [4.69, 9.17) is 0 Å². The van der Waals surface area contributed by atoms with E-state index in [0.29, 0.717) is 17.1 Å². The van der Waals surface area contributed by atoms with E-state index in [0.717, 1.165) is 5.69 Å². The molecule has 0 saturated carbocycles. The number of amides is 1. The molecule has 0 aliphatic rings. The Morgan fingerprint density at radius 3 is 2.35 bits per heavy atom. The number of aromatic nitrogens is 3. The molecule has 7 nitrogen and oxygen atoms in total. The third-order valence-electron chi connectivity index (χ3n) is 3.18. The molecular formula is C18H26N6OS. The molecule has 1 amide bonds. The average Bonchev–Trinajstić information content (AvgIpc) is 2.53. The van der Waals surface area contributed by atoms with Crippen LogP contribution in [0.5, 0.6) is 0 Å². The zero-order valence-corrected chi connectivity index (χ0v) is 16.9. The van der Waals surface area contributed by atoms with Crippen molar-refractivity contribution in [1.82, 2.24) is 15.0 Å². The van der Waals surface area contributed by atoms with E-state index in [9.17, 15) is 4.79 Å². The highest BCUT2D eigenvalue weighted by Crippen LogP contribution is 2.24. The Bertz CT molecular complexity index is 745. The first-order chi connectivity index (χ1) is 12.1. The number of hydrogen-bond acceptors (Lipinski definition) is 7. The highest BCUT2D eigenvalue weighted by molar-refractivity contribution is 8.00. The monoisotopic (exact) mass is 374 g/mol. The van der Waals surface area contributed by atoms with Crippen LogP contribution in [-0.2, 0) is 4.79 Å². The quantitative estimate of drug-likeness (QED) is 0.751. The van der Waals surface area contributed by atoms with Gasteiger partial charge in [-0.05, 0) is 39.8 Å². The van der Waals surface area contributed by atoms with Crippen LogP contribution in [0.25, 0.3) is 0 Å². The molecule has 1 heterocycles. The number of thioether (sulfide) groups is 1. The number of carbonyl (C=O) groups is 1. The van der Waals surface area contributed by atoms with Crippen LogP contribution in [0.3, 0.4) is 0 Å². The van der Waals surface area contributed by atoms with Gasteiger partial charge in [-0.3, -0.25) is 4.79 Å². The molecule has 2 aromatic rings. The first kappa shape index (κ1) is 20.0. The molecular weight excluding hydrogens is 348 g/mol. The molecule has 0 aliphatic heterocycles. The number of hydrogen-bond donors (Lipinski definition) is 2. The number of anilines is 3. The van der Waals surface area contributed by atoms with Gasteiger partial charge < -0.3 is 15.5 Å². The number of nitrogens with one attached hydrogen (secondary N) is 2. The first-order valence-electron chi connectivity index (χ1n) is 8.38. The van der Waals surface area contributed by atoms with Gasteiger partial charge in [-0.25, -0.2) is 0 Å².